The van der Waals surface area contributed by atoms with Gasteiger partial charge in [-0.3, -0.25) is 0 Å². The van der Waals surface area contributed by atoms with Crippen LogP contribution in [0, 0.1) is 6.92 Å². The molecule has 140 valence electrons. The first-order valence-electron chi connectivity index (χ1n) is 7.80. The summed E-state index contributed by atoms with van der Waals surface area (Å²) in [5.41, 5.74) is 1.00. The zero-order chi connectivity index (χ0) is 19.3. The van der Waals surface area contributed by atoms with Crippen molar-refractivity contribution in [3.63, 3.8) is 0 Å². The highest BCUT2D eigenvalue weighted by molar-refractivity contribution is 7.83. The molecule has 0 saturated carbocycles. The summed E-state index contributed by atoms with van der Waals surface area (Å²) < 4.78 is 48.7. The van der Waals surface area contributed by atoms with Crippen LogP contribution in [0.15, 0.2) is 53.4 Å². The molecule has 0 unspecified atom stereocenters. The van der Waals surface area contributed by atoms with Crippen molar-refractivity contribution in [3.8, 4) is 0 Å². The maximum Gasteiger partial charge on any atom is 0.379 e. The number of hydrogen-bond donors (Lipinski definition) is 1. The molecule has 4 nitrogen and oxygen atoms in total. The molecule has 0 amide bonds. The fourth-order valence-corrected chi connectivity index (χ4v) is 3.33. The number of esters is 1. The van der Waals surface area contributed by atoms with Crippen LogP contribution in [0.1, 0.15) is 24.1 Å². The molecule has 2 aromatic carbocycles. The summed E-state index contributed by atoms with van der Waals surface area (Å²) in [5, 5.41) is 0.353. The number of rotatable bonds is 7. The fraction of sp³-hybridized carbons (Fsp3) is 0.278. The molecule has 0 heterocycles. The first-order valence-corrected chi connectivity index (χ1v) is 9.33. The summed E-state index contributed by atoms with van der Waals surface area (Å²) in [5.74, 6) is -5.61. The van der Waals surface area contributed by atoms with Crippen LogP contribution in [-0.2, 0) is 20.5 Å². The van der Waals surface area contributed by atoms with E-state index in [2.05, 4.69) is 9.46 Å². The molecule has 26 heavy (non-hydrogen) atoms. The molecule has 0 spiro atoms. The number of halogens is 3. The highest BCUT2D eigenvalue weighted by Gasteiger charge is 2.50. The van der Waals surface area contributed by atoms with Gasteiger partial charge < -0.3 is 4.74 Å². The van der Waals surface area contributed by atoms with Gasteiger partial charge in [-0.2, -0.15) is 8.78 Å². The number of nitrogens with one attached hydrogen (secondary N) is 1. The highest BCUT2D eigenvalue weighted by atomic mass is 35.5. The summed E-state index contributed by atoms with van der Waals surface area (Å²) in [6, 6.07) is 10.3. The molecule has 0 bridgehead atoms. The van der Waals surface area contributed by atoms with E-state index in [0.717, 1.165) is 5.56 Å². The smallest absolute Gasteiger partial charge is 0.379 e. The second-order valence-corrected chi connectivity index (χ2v) is 7.21. The Kier molecular flexibility index (Phi) is 6.86. The second kappa shape index (κ2) is 8.70. The molecule has 0 fully saturated rings. The van der Waals surface area contributed by atoms with Crippen LogP contribution < -0.4 is 4.72 Å². The molecule has 0 aliphatic rings. The van der Waals surface area contributed by atoms with Crippen molar-refractivity contribution in [2.45, 2.75) is 30.7 Å². The van der Waals surface area contributed by atoms with Crippen LogP contribution in [-0.4, -0.2) is 22.7 Å². The van der Waals surface area contributed by atoms with Gasteiger partial charge in [-0.25, -0.2) is 13.7 Å². The number of ether oxygens (including phenoxy) is 1. The van der Waals surface area contributed by atoms with Crippen LogP contribution >= 0.6 is 11.6 Å². The average molecular weight is 402 g/mol. The quantitative estimate of drug-likeness (QED) is 0.707. The molecule has 0 aliphatic carbocycles. The largest absolute Gasteiger partial charge is 0.462 e. The van der Waals surface area contributed by atoms with Crippen molar-refractivity contribution in [3.05, 3.63) is 64.7 Å². The highest BCUT2D eigenvalue weighted by Crippen LogP contribution is 2.34. The maximum absolute atomic E-state index is 14.7. The van der Waals surface area contributed by atoms with Crippen LogP contribution in [0.25, 0.3) is 0 Å². The lowest BCUT2D eigenvalue weighted by Crippen LogP contribution is -2.45. The lowest BCUT2D eigenvalue weighted by atomic mass is 10.0. The average Bonchev–Trinajstić information content (AvgIpc) is 2.61. The Morgan fingerprint density at radius 2 is 1.77 bits per heavy atom. The first-order chi connectivity index (χ1) is 12.3. The Labute approximate surface area is 158 Å². The summed E-state index contributed by atoms with van der Waals surface area (Å²) in [7, 11) is -1.97. The van der Waals surface area contributed by atoms with Gasteiger partial charge in [-0.15, -0.1) is 0 Å². The normalized spacial score (nSPS) is 13.9. The van der Waals surface area contributed by atoms with Gasteiger partial charge in [-0.1, -0.05) is 41.4 Å². The van der Waals surface area contributed by atoms with Crippen molar-refractivity contribution in [2.24, 2.45) is 0 Å². The number of carbonyl (C=O) groups is 1. The van der Waals surface area contributed by atoms with E-state index in [1.807, 2.05) is 6.92 Å². The molecule has 2 rings (SSSR count). The number of aryl methyl sites for hydroxylation is 1. The summed E-state index contributed by atoms with van der Waals surface area (Å²) in [4.78, 5) is 12.1. The Balaban J connectivity index is 2.36. The molecule has 0 aliphatic heterocycles. The van der Waals surface area contributed by atoms with Gasteiger partial charge in [0.2, 0.25) is 0 Å². The minimum absolute atomic E-state index is 0.0629. The predicted octanol–water partition coefficient (Wildman–Crippen LogP) is 4.20. The zero-order valence-corrected chi connectivity index (χ0v) is 15.7. The van der Waals surface area contributed by atoms with E-state index < -0.39 is 28.9 Å². The van der Waals surface area contributed by atoms with E-state index in [-0.39, 0.29) is 12.2 Å². The third-order valence-corrected chi connectivity index (χ3v) is 4.98. The first kappa shape index (κ1) is 20.5. The number of alkyl halides is 2. The molecule has 0 saturated heterocycles. The van der Waals surface area contributed by atoms with Crippen LogP contribution in [0.2, 0.25) is 5.02 Å². The Morgan fingerprint density at radius 3 is 2.31 bits per heavy atom. The molecule has 2 atom stereocenters. The summed E-state index contributed by atoms with van der Waals surface area (Å²) in [6.45, 7) is 3.09. The molecule has 0 radical (unpaired) electrons. The van der Waals surface area contributed by atoms with E-state index in [9.17, 15) is 17.8 Å². The predicted molar refractivity (Wildman–Crippen MR) is 96.5 cm³/mol. The molecule has 1 N–H and O–H groups in total. The Morgan fingerprint density at radius 1 is 1.19 bits per heavy atom. The van der Waals surface area contributed by atoms with Gasteiger partial charge in [0, 0.05) is 5.02 Å². The third kappa shape index (κ3) is 4.87. The molecular weight excluding hydrogens is 384 g/mol. The minimum Gasteiger partial charge on any atom is -0.462 e. The van der Waals surface area contributed by atoms with Crippen LogP contribution in [0.3, 0.4) is 0 Å². The zero-order valence-electron chi connectivity index (χ0n) is 14.2. The SMILES string of the molecule is CCOC(=O)C(F)(F)[C@H](N[S@@](=O)c1ccc(C)cc1)c1ccc(Cl)cc1. The number of hydrogen-bond acceptors (Lipinski definition) is 3. The van der Waals surface area contributed by atoms with Crippen molar-refractivity contribution in [2.75, 3.05) is 6.61 Å². The van der Waals surface area contributed by atoms with E-state index in [1.54, 1.807) is 24.3 Å². The molecular formula is C18H18ClF2NO3S. The van der Waals surface area contributed by atoms with Crippen molar-refractivity contribution >= 4 is 28.6 Å². The third-order valence-electron chi connectivity index (χ3n) is 3.57. The van der Waals surface area contributed by atoms with Gasteiger partial charge in [0.15, 0.2) is 0 Å². The Bertz CT molecular complexity index is 782. The second-order valence-electron chi connectivity index (χ2n) is 5.53. The van der Waals surface area contributed by atoms with E-state index >= 15 is 0 Å². The number of carbonyl (C=O) groups excluding carboxylic acids is 1. The van der Waals surface area contributed by atoms with Crippen LogP contribution in [0.4, 0.5) is 8.78 Å². The van der Waals surface area contributed by atoms with Gasteiger partial charge in [-0.05, 0) is 43.7 Å². The van der Waals surface area contributed by atoms with Gasteiger partial charge >= 0.3 is 11.9 Å². The standard InChI is InChI=1S/C18H18ClF2NO3S/c1-3-25-17(23)18(20,21)16(13-6-8-14(19)9-7-13)22-26(24)15-10-4-12(2)5-11-15/h4-11,16,22H,3H2,1-2H3/t16-,26+/m1/s1. The van der Waals surface area contributed by atoms with Gasteiger partial charge in [0.25, 0.3) is 0 Å². The van der Waals surface area contributed by atoms with Gasteiger partial charge in [0.05, 0.1) is 11.5 Å². The molecule has 2 aromatic rings. The van der Waals surface area contributed by atoms with Crippen LogP contribution in [0.5, 0.6) is 0 Å². The minimum atomic E-state index is -3.93. The molecule has 8 heteroatoms. The number of benzene rings is 2. The van der Waals surface area contributed by atoms with Gasteiger partial charge in [0.1, 0.15) is 17.0 Å². The lowest BCUT2D eigenvalue weighted by molar-refractivity contribution is -0.175. The summed E-state index contributed by atoms with van der Waals surface area (Å²) in [6.07, 6.45) is 0. The van der Waals surface area contributed by atoms with Crippen molar-refractivity contribution < 1.29 is 22.5 Å². The summed E-state index contributed by atoms with van der Waals surface area (Å²) >= 11 is 5.80. The Hall–Kier alpha value is -1.83. The fourth-order valence-electron chi connectivity index (χ4n) is 2.19. The van der Waals surface area contributed by atoms with Crippen molar-refractivity contribution in [1.29, 1.82) is 0 Å². The topological polar surface area (TPSA) is 55.4 Å². The monoisotopic (exact) mass is 401 g/mol. The van der Waals surface area contributed by atoms with E-state index in [0.29, 0.717) is 9.92 Å². The van der Waals surface area contributed by atoms with E-state index in [1.165, 1.54) is 31.2 Å². The molecule has 0 aromatic heterocycles. The lowest BCUT2D eigenvalue weighted by Gasteiger charge is -2.26. The maximum atomic E-state index is 14.7. The van der Waals surface area contributed by atoms with Crippen molar-refractivity contribution in [1.82, 2.24) is 4.72 Å². The van der Waals surface area contributed by atoms with E-state index in [4.69, 9.17) is 11.6 Å².